The van der Waals surface area contributed by atoms with Crippen LogP contribution in [0.1, 0.15) is 46.5 Å². The van der Waals surface area contributed by atoms with E-state index in [2.05, 4.69) is 20.4 Å². The first-order valence-corrected chi connectivity index (χ1v) is 11.0. The summed E-state index contributed by atoms with van der Waals surface area (Å²) >= 11 is 0. The monoisotopic (exact) mass is 420 g/mol. The molecule has 2 aliphatic heterocycles. The summed E-state index contributed by atoms with van der Waals surface area (Å²) < 4.78 is 23.8. The lowest BCUT2D eigenvalue weighted by molar-refractivity contribution is -0.266. The van der Waals surface area contributed by atoms with Crippen molar-refractivity contribution in [1.82, 2.24) is 0 Å². The molecule has 0 radical (unpaired) electrons. The van der Waals surface area contributed by atoms with Crippen LogP contribution < -0.4 is 0 Å². The number of esters is 2. The van der Waals surface area contributed by atoms with Crippen LogP contribution in [-0.4, -0.2) is 55.4 Å². The van der Waals surface area contributed by atoms with Crippen LogP contribution in [0.25, 0.3) is 0 Å². The Hall–Kier alpha value is -1.44. The molecule has 9 unspecified atom stereocenters. The van der Waals surface area contributed by atoms with E-state index >= 15 is 0 Å². The summed E-state index contributed by atoms with van der Waals surface area (Å²) in [4.78, 5) is 25.6. The molecule has 5 fully saturated rings. The van der Waals surface area contributed by atoms with Gasteiger partial charge in [0.05, 0.1) is 12.7 Å². The van der Waals surface area contributed by atoms with Gasteiger partial charge in [-0.1, -0.05) is 20.4 Å². The van der Waals surface area contributed by atoms with Crippen molar-refractivity contribution in [1.29, 1.82) is 0 Å². The molecule has 9 atom stereocenters. The summed E-state index contributed by atoms with van der Waals surface area (Å²) in [5.74, 6) is -1.39. The number of rotatable bonds is 2. The fraction of sp³-hybridized carbons (Fsp3) is 0.826. The summed E-state index contributed by atoms with van der Waals surface area (Å²) in [5, 5.41) is 11.5. The minimum absolute atomic E-state index is 0.0539. The van der Waals surface area contributed by atoms with Gasteiger partial charge in [-0.15, -0.1) is 0 Å². The normalized spacial score (nSPS) is 50.9. The zero-order valence-electron chi connectivity index (χ0n) is 18.2. The number of hydrogen-bond donors (Lipinski definition) is 1. The Balaban J connectivity index is 1.71. The van der Waals surface area contributed by atoms with E-state index in [9.17, 15) is 14.7 Å². The highest BCUT2D eigenvalue weighted by molar-refractivity contribution is 5.83. The molecule has 2 saturated heterocycles. The maximum atomic E-state index is 13.6. The maximum Gasteiger partial charge on any atom is 0.316 e. The van der Waals surface area contributed by atoms with Gasteiger partial charge in [-0.3, -0.25) is 9.59 Å². The second-order valence-corrected chi connectivity index (χ2v) is 10.7. The van der Waals surface area contributed by atoms with Crippen LogP contribution in [0.15, 0.2) is 12.2 Å². The molecule has 5 aliphatic rings. The molecule has 1 N–H and O–H groups in total. The lowest BCUT2D eigenvalue weighted by Crippen LogP contribution is -2.71. The summed E-state index contributed by atoms with van der Waals surface area (Å²) in [7, 11) is 1.64. The zero-order chi connectivity index (χ0) is 21.6. The van der Waals surface area contributed by atoms with E-state index in [1.807, 2.05) is 0 Å². The average Bonchev–Trinajstić information content (AvgIpc) is 3.15. The molecule has 0 aromatic rings. The Bertz CT molecular complexity index is 805. The number of methoxy groups -OCH3 is 1. The first kappa shape index (κ1) is 20.5. The smallest absolute Gasteiger partial charge is 0.316 e. The molecule has 166 valence electrons. The number of aliphatic hydroxyl groups is 1. The van der Waals surface area contributed by atoms with Gasteiger partial charge >= 0.3 is 11.9 Å². The fourth-order valence-electron chi connectivity index (χ4n) is 8.07. The van der Waals surface area contributed by atoms with Crippen molar-refractivity contribution in [2.75, 3.05) is 13.7 Å². The van der Waals surface area contributed by atoms with E-state index in [-0.39, 0.29) is 29.3 Å². The van der Waals surface area contributed by atoms with Gasteiger partial charge in [-0.05, 0) is 42.6 Å². The quantitative estimate of drug-likeness (QED) is 0.541. The van der Waals surface area contributed by atoms with E-state index in [0.29, 0.717) is 25.0 Å². The van der Waals surface area contributed by atoms with Crippen molar-refractivity contribution in [2.45, 2.75) is 71.1 Å². The first-order valence-electron chi connectivity index (χ1n) is 11.0. The Kier molecular flexibility index (Phi) is 4.30. The van der Waals surface area contributed by atoms with Gasteiger partial charge in [-0.25, -0.2) is 0 Å². The predicted octanol–water partition coefficient (Wildman–Crippen LogP) is 2.21. The summed E-state index contributed by atoms with van der Waals surface area (Å²) in [6.45, 7) is 10.3. The molecule has 2 spiro atoms. The van der Waals surface area contributed by atoms with Crippen molar-refractivity contribution in [3.8, 4) is 0 Å². The molecule has 0 aromatic heterocycles. The lowest BCUT2D eigenvalue weighted by Gasteiger charge is -2.63. The number of fused-ring (bicyclic) bond motifs is 1. The van der Waals surface area contributed by atoms with Gasteiger partial charge in [0.2, 0.25) is 0 Å². The van der Waals surface area contributed by atoms with Crippen molar-refractivity contribution >= 4 is 11.9 Å². The number of ether oxygens (including phenoxy) is 4. The van der Waals surface area contributed by atoms with Gasteiger partial charge in [0, 0.05) is 31.3 Å². The zero-order valence-corrected chi connectivity index (χ0v) is 18.2. The average molecular weight is 421 g/mol. The molecule has 7 nitrogen and oxygen atoms in total. The molecular formula is C23H32O7. The third kappa shape index (κ3) is 2.26. The second-order valence-electron chi connectivity index (χ2n) is 10.7. The topological polar surface area (TPSA) is 91.3 Å². The summed E-state index contributed by atoms with van der Waals surface area (Å²) in [5.41, 5.74) is -1.13. The number of hydrogen-bond acceptors (Lipinski definition) is 7. The van der Waals surface area contributed by atoms with E-state index < -0.39 is 41.2 Å². The van der Waals surface area contributed by atoms with Crippen LogP contribution in [0, 0.1) is 34.0 Å². The van der Waals surface area contributed by atoms with Crippen molar-refractivity contribution in [3.05, 3.63) is 12.2 Å². The largest absolute Gasteiger partial charge is 0.461 e. The van der Waals surface area contributed by atoms with E-state index in [0.717, 1.165) is 12.8 Å². The van der Waals surface area contributed by atoms with Crippen molar-refractivity contribution in [2.24, 2.45) is 34.0 Å². The van der Waals surface area contributed by atoms with Crippen molar-refractivity contribution < 1.29 is 33.6 Å². The Morgan fingerprint density at radius 2 is 2.03 bits per heavy atom. The molecule has 0 amide bonds. The number of aliphatic hydroxyl groups excluding tert-OH is 1. The molecule has 2 heterocycles. The Morgan fingerprint density at radius 1 is 1.30 bits per heavy atom. The Labute approximate surface area is 177 Å². The van der Waals surface area contributed by atoms with E-state index in [1.54, 1.807) is 7.11 Å². The molecule has 30 heavy (non-hydrogen) atoms. The molecule has 3 saturated carbocycles. The van der Waals surface area contributed by atoms with Gasteiger partial charge in [-0.2, -0.15) is 0 Å². The van der Waals surface area contributed by atoms with Gasteiger partial charge < -0.3 is 24.1 Å². The lowest BCUT2D eigenvalue weighted by atomic mass is 9.43. The minimum Gasteiger partial charge on any atom is -0.461 e. The van der Waals surface area contributed by atoms with E-state index in [4.69, 9.17) is 18.9 Å². The second kappa shape index (κ2) is 6.30. The molecule has 0 aromatic carbocycles. The van der Waals surface area contributed by atoms with Crippen LogP contribution in [0.2, 0.25) is 0 Å². The van der Waals surface area contributed by atoms with E-state index in [1.165, 1.54) is 6.92 Å². The molecule has 3 aliphatic carbocycles. The third-order valence-electron chi connectivity index (χ3n) is 8.94. The van der Waals surface area contributed by atoms with Gasteiger partial charge in [0.15, 0.2) is 6.29 Å². The highest BCUT2D eigenvalue weighted by Gasteiger charge is 2.79. The highest BCUT2D eigenvalue weighted by Crippen LogP contribution is 2.72. The SMILES string of the molecule is C=C1C2CC(O)C3C(C2)(C(=O)OC2CCC(C)(C)C4C(OC)OCC243)C1OC(C)=O. The Morgan fingerprint density at radius 3 is 2.70 bits per heavy atom. The first-order chi connectivity index (χ1) is 14.1. The van der Waals surface area contributed by atoms with Gasteiger partial charge in [0.25, 0.3) is 0 Å². The van der Waals surface area contributed by atoms with Crippen LogP contribution in [0.5, 0.6) is 0 Å². The van der Waals surface area contributed by atoms with Crippen LogP contribution in [0.3, 0.4) is 0 Å². The van der Waals surface area contributed by atoms with Gasteiger partial charge in [0.1, 0.15) is 17.6 Å². The predicted molar refractivity (Wildman–Crippen MR) is 105 cm³/mol. The minimum atomic E-state index is -1.13. The number of carbonyl (C=O) groups excluding carboxylic acids is 2. The fourth-order valence-corrected chi connectivity index (χ4v) is 8.07. The maximum absolute atomic E-state index is 13.6. The standard InChI is InChI=1S/C23H32O7/c1-11-13-8-14(25)16-22(9-13,18(11)29-12(2)24)20(26)30-15-6-7-21(3,4)17-19(27-5)28-10-23(15,16)17/h13-19,25H,1,6-10H2,2-5H3. The molecular weight excluding hydrogens is 388 g/mol. The van der Waals surface area contributed by atoms with Crippen LogP contribution in [0.4, 0.5) is 0 Å². The molecule has 2 bridgehead atoms. The number of carbonyl (C=O) groups is 2. The summed E-state index contributed by atoms with van der Waals surface area (Å²) in [6, 6.07) is 0. The third-order valence-corrected chi connectivity index (χ3v) is 8.94. The molecule has 5 rings (SSSR count). The summed E-state index contributed by atoms with van der Waals surface area (Å²) in [6.07, 6.45) is 0.300. The highest BCUT2D eigenvalue weighted by atomic mass is 16.7. The van der Waals surface area contributed by atoms with Crippen molar-refractivity contribution in [3.63, 3.8) is 0 Å². The van der Waals surface area contributed by atoms with Crippen LogP contribution >= 0.6 is 0 Å². The molecule has 7 heteroatoms. The van der Waals surface area contributed by atoms with Crippen LogP contribution in [-0.2, 0) is 28.5 Å².